The molecule has 0 saturated carbocycles. The van der Waals surface area contributed by atoms with Crippen LogP contribution in [0.15, 0.2) is 53.6 Å². The highest BCUT2D eigenvalue weighted by Crippen LogP contribution is 2.34. The summed E-state index contributed by atoms with van der Waals surface area (Å²) in [5.41, 5.74) is 2.05. The third-order valence-corrected chi connectivity index (χ3v) is 4.60. The Hall–Kier alpha value is -2.74. The van der Waals surface area contributed by atoms with Crippen molar-refractivity contribution >= 4 is 27.3 Å². The summed E-state index contributed by atoms with van der Waals surface area (Å²) >= 11 is 0. The third kappa shape index (κ3) is 3.91. The predicted octanol–water partition coefficient (Wildman–Crippen LogP) is 2.89. The maximum atomic E-state index is 14.2. The second-order valence-electron chi connectivity index (χ2n) is 6.11. The standard InChI is InChI=1S/C18H18FN3O3S/c1-12(23)22-18(15-8-3-4-9-16(15)19)11-17(20-22)13-6-5-7-14(10-13)21-26(2,24)25/h3-10,18,21H,11H2,1-2H3/t18-/m1/s1. The van der Waals surface area contributed by atoms with E-state index in [2.05, 4.69) is 9.82 Å². The first-order valence-corrected chi connectivity index (χ1v) is 9.83. The van der Waals surface area contributed by atoms with Gasteiger partial charge in [-0.15, -0.1) is 0 Å². The highest BCUT2D eigenvalue weighted by atomic mass is 32.2. The van der Waals surface area contributed by atoms with Gasteiger partial charge in [0.25, 0.3) is 0 Å². The van der Waals surface area contributed by atoms with Crippen LogP contribution in [-0.4, -0.2) is 31.3 Å². The SMILES string of the molecule is CC(=O)N1N=C(c2cccc(NS(C)(=O)=O)c2)C[C@@H]1c1ccccc1F. The summed E-state index contributed by atoms with van der Waals surface area (Å²) in [5, 5.41) is 5.62. The van der Waals surface area contributed by atoms with E-state index in [4.69, 9.17) is 0 Å². The Kier molecular flexibility index (Phi) is 4.78. The maximum absolute atomic E-state index is 14.2. The van der Waals surface area contributed by atoms with Gasteiger partial charge in [0.05, 0.1) is 18.0 Å². The van der Waals surface area contributed by atoms with Gasteiger partial charge in [0.2, 0.25) is 15.9 Å². The molecule has 8 heteroatoms. The number of hydrogen-bond acceptors (Lipinski definition) is 4. The van der Waals surface area contributed by atoms with Crippen molar-refractivity contribution in [1.29, 1.82) is 0 Å². The zero-order chi connectivity index (χ0) is 18.9. The number of hydrazone groups is 1. The van der Waals surface area contributed by atoms with E-state index in [1.807, 2.05) is 0 Å². The number of carbonyl (C=O) groups is 1. The quantitative estimate of drug-likeness (QED) is 0.892. The van der Waals surface area contributed by atoms with E-state index >= 15 is 0 Å². The van der Waals surface area contributed by atoms with Crippen LogP contribution in [-0.2, 0) is 14.8 Å². The maximum Gasteiger partial charge on any atom is 0.240 e. The minimum Gasteiger partial charge on any atom is -0.284 e. The highest BCUT2D eigenvalue weighted by Gasteiger charge is 2.33. The van der Waals surface area contributed by atoms with E-state index in [9.17, 15) is 17.6 Å². The zero-order valence-electron chi connectivity index (χ0n) is 14.3. The number of halogens is 1. The lowest BCUT2D eigenvalue weighted by atomic mass is 9.98. The molecule has 0 aliphatic carbocycles. The van der Waals surface area contributed by atoms with Gasteiger partial charge in [0, 0.05) is 24.6 Å². The molecule has 26 heavy (non-hydrogen) atoms. The Balaban J connectivity index is 1.95. The molecule has 1 aliphatic heterocycles. The van der Waals surface area contributed by atoms with E-state index in [0.717, 1.165) is 6.26 Å². The summed E-state index contributed by atoms with van der Waals surface area (Å²) in [5.74, 6) is -0.689. The molecule has 0 unspecified atom stereocenters. The fraction of sp³-hybridized carbons (Fsp3) is 0.222. The van der Waals surface area contributed by atoms with E-state index in [0.29, 0.717) is 28.9 Å². The summed E-state index contributed by atoms with van der Waals surface area (Å²) in [6.45, 7) is 1.38. The number of sulfonamides is 1. The van der Waals surface area contributed by atoms with E-state index in [1.54, 1.807) is 42.5 Å². The van der Waals surface area contributed by atoms with Crippen LogP contribution in [0.2, 0.25) is 0 Å². The molecule has 1 N–H and O–H groups in total. The highest BCUT2D eigenvalue weighted by molar-refractivity contribution is 7.92. The van der Waals surface area contributed by atoms with Crippen LogP contribution in [0, 0.1) is 5.82 Å². The number of nitrogens with zero attached hydrogens (tertiary/aromatic N) is 2. The van der Waals surface area contributed by atoms with Gasteiger partial charge in [-0.3, -0.25) is 9.52 Å². The number of amides is 1. The molecule has 6 nitrogen and oxygen atoms in total. The zero-order valence-corrected chi connectivity index (χ0v) is 15.1. The Morgan fingerprint density at radius 3 is 2.62 bits per heavy atom. The number of anilines is 1. The molecule has 0 fully saturated rings. The minimum atomic E-state index is -3.41. The Labute approximate surface area is 151 Å². The average Bonchev–Trinajstić information content (AvgIpc) is 2.99. The van der Waals surface area contributed by atoms with Gasteiger partial charge in [-0.25, -0.2) is 17.8 Å². The molecule has 1 amide bonds. The van der Waals surface area contributed by atoms with Crippen LogP contribution < -0.4 is 4.72 Å². The van der Waals surface area contributed by atoms with Crippen molar-refractivity contribution in [3.8, 4) is 0 Å². The van der Waals surface area contributed by atoms with Crippen molar-refractivity contribution in [3.05, 3.63) is 65.5 Å². The predicted molar refractivity (Wildman–Crippen MR) is 97.7 cm³/mol. The van der Waals surface area contributed by atoms with E-state index in [-0.39, 0.29) is 5.91 Å². The lowest BCUT2D eigenvalue weighted by Gasteiger charge is -2.20. The Bertz CT molecular complexity index is 989. The molecule has 0 bridgehead atoms. The van der Waals surface area contributed by atoms with Gasteiger partial charge >= 0.3 is 0 Å². The van der Waals surface area contributed by atoms with Crippen LogP contribution in [0.4, 0.5) is 10.1 Å². The van der Waals surface area contributed by atoms with Gasteiger partial charge in [-0.2, -0.15) is 5.10 Å². The van der Waals surface area contributed by atoms with E-state index < -0.39 is 21.9 Å². The van der Waals surface area contributed by atoms with Crippen molar-refractivity contribution in [3.63, 3.8) is 0 Å². The molecule has 2 aromatic rings. The van der Waals surface area contributed by atoms with Crippen molar-refractivity contribution < 1.29 is 17.6 Å². The average molecular weight is 375 g/mol. The van der Waals surface area contributed by atoms with Crippen LogP contribution >= 0.6 is 0 Å². The minimum absolute atomic E-state index is 0.293. The van der Waals surface area contributed by atoms with Gasteiger partial charge in [-0.1, -0.05) is 30.3 Å². The first-order valence-electron chi connectivity index (χ1n) is 7.94. The summed E-state index contributed by atoms with van der Waals surface area (Å²) in [6, 6.07) is 12.5. The number of benzene rings is 2. The number of nitrogens with one attached hydrogen (secondary N) is 1. The molecular weight excluding hydrogens is 357 g/mol. The van der Waals surface area contributed by atoms with Crippen molar-refractivity contribution in [2.24, 2.45) is 5.10 Å². The largest absolute Gasteiger partial charge is 0.284 e. The molecular formula is C18H18FN3O3S. The topological polar surface area (TPSA) is 78.8 Å². The summed E-state index contributed by atoms with van der Waals surface area (Å²) < 4.78 is 39.4. The molecule has 3 rings (SSSR count). The molecule has 136 valence electrons. The number of rotatable bonds is 4. The van der Waals surface area contributed by atoms with Gasteiger partial charge in [0.1, 0.15) is 5.82 Å². The Morgan fingerprint density at radius 1 is 1.23 bits per heavy atom. The van der Waals surface area contributed by atoms with Crippen LogP contribution in [0.1, 0.15) is 30.5 Å². The normalized spacial score (nSPS) is 17.1. The third-order valence-electron chi connectivity index (χ3n) is 4.00. The summed E-state index contributed by atoms with van der Waals surface area (Å²) in [6.07, 6.45) is 1.40. The fourth-order valence-electron chi connectivity index (χ4n) is 2.94. The second-order valence-corrected chi connectivity index (χ2v) is 7.86. The molecule has 0 saturated heterocycles. The lowest BCUT2D eigenvalue weighted by Crippen LogP contribution is -2.25. The second kappa shape index (κ2) is 6.87. The van der Waals surface area contributed by atoms with Crippen LogP contribution in [0.5, 0.6) is 0 Å². The van der Waals surface area contributed by atoms with Crippen molar-refractivity contribution in [2.75, 3.05) is 11.0 Å². The van der Waals surface area contributed by atoms with Crippen molar-refractivity contribution in [2.45, 2.75) is 19.4 Å². The molecule has 1 aliphatic rings. The smallest absolute Gasteiger partial charge is 0.240 e. The summed E-state index contributed by atoms with van der Waals surface area (Å²) in [4.78, 5) is 12.0. The molecule has 1 heterocycles. The lowest BCUT2D eigenvalue weighted by molar-refractivity contribution is -0.130. The van der Waals surface area contributed by atoms with Crippen molar-refractivity contribution in [1.82, 2.24) is 5.01 Å². The fourth-order valence-corrected chi connectivity index (χ4v) is 3.49. The van der Waals surface area contributed by atoms with Crippen LogP contribution in [0.25, 0.3) is 0 Å². The number of carbonyl (C=O) groups excluding carboxylic acids is 1. The van der Waals surface area contributed by atoms with Gasteiger partial charge < -0.3 is 0 Å². The van der Waals surface area contributed by atoms with Gasteiger partial charge in [0.15, 0.2) is 0 Å². The Morgan fingerprint density at radius 2 is 1.96 bits per heavy atom. The molecule has 0 spiro atoms. The van der Waals surface area contributed by atoms with Gasteiger partial charge in [-0.05, 0) is 23.8 Å². The molecule has 2 aromatic carbocycles. The van der Waals surface area contributed by atoms with Crippen LogP contribution in [0.3, 0.4) is 0 Å². The van der Waals surface area contributed by atoms with E-state index in [1.165, 1.54) is 18.0 Å². The molecule has 1 atom stereocenters. The molecule has 0 aromatic heterocycles. The monoisotopic (exact) mass is 375 g/mol. The first-order chi connectivity index (χ1) is 12.2. The first kappa shape index (κ1) is 18.1. The number of hydrogen-bond donors (Lipinski definition) is 1. The molecule has 0 radical (unpaired) electrons. The summed E-state index contributed by atoms with van der Waals surface area (Å²) in [7, 11) is -3.41.